The molecule has 0 aliphatic heterocycles. The first kappa shape index (κ1) is 12.9. The smallest absolute Gasteiger partial charge is 0.435 e. The van der Waals surface area contributed by atoms with Gasteiger partial charge in [-0.1, -0.05) is 0 Å². The molecule has 0 unspecified atom stereocenters. The first-order chi connectivity index (χ1) is 5.57. The number of hydrogen-bond acceptors (Lipinski definition) is 3. The first-order valence-electron chi connectivity index (χ1n) is 3.07. The normalized spacial score (nSPS) is 12.0. The fraction of sp³-hybridized carbons (Fsp3) is 0.500. The Morgan fingerprint density at radius 1 is 1.42 bits per heavy atom. The fourth-order valence-corrected chi connectivity index (χ4v) is 0.762. The van der Waals surface area contributed by atoms with E-state index in [1.165, 1.54) is 0 Å². The van der Waals surface area contributed by atoms with Crippen molar-refractivity contribution in [3.05, 3.63) is 6.07 Å². The third-order valence-corrected chi connectivity index (χ3v) is 4.54. The quantitative estimate of drug-likeness (QED) is 0.477. The van der Waals surface area contributed by atoms with Crippen LogP contribution in [0.25, 0.3) is 0 Å². The number of halogens is 3. The van der Waals surface area contributed by atoms with Crippen LogP contribution in [0.1, 0.15) is 6.92 Å². The van der Waals surface area contributed by atoms with E-state index in [9.17, 15) is 4.79 Å². The van der Waals surface area contributed by atoms with Gasteiger partial charge >= 0.3 is 6.16 Å². The molecule has 70 valence electrons. The Morgan fingerprint density at radius 3 is 2.42 bits per heavy atom. The Hall–Kier alpha value is 0.950. The Kier molecular flexibility index (Phi) is 7.95. The van der Waals surface area contributed by atoms with Crippen molar-refractivity contribution in [3.8, 4) is 0 Å². The lowest BCUT2D eigenvalue weighted by Crippen LogP contribution is -2.07. The topological polar surface area (TPSA) is 35.5 Å². The van der Waals surface area contributed by atoms with Crippen LogP contribution >= 0.6 is 61.1 Å². The predicted octanol–water partition coefficient (Wildman–Crippen LogP) is 3.59. The summed E-state index contributed by atoms with van der Waals surface area (Å²) in [7, 11) is 0. The maximum absolute atomic E-state index is 10.7. The first-order valence-corrected chi connectivity index (χ1v) is 6.02. The van der Waals surface area contributed by atoms with Gasteiger partial charge in [0.1, 0.15) is 6.61 Å². The van der Waals surface area contributed by atoms with Gasteiger partial charge in [0, 0.05) is 3.58 Å². The van der Waals surface area contributed by atoms with Crippen LogP contribution in [0.5, 0.6) is 0 Å². The third kappa shape index (κ3) is 6.46. The zero-order valence-electron chi connectivity index (χ0n) is 6.27. The molecule has 0 saturated heterocycles. The molecule has 3 nitrogen and oxygen atoms in total. The van der Waals surface area contributed by atoms with Crippen molar-refractivity contribution < 1.29 is 14.3 Å². The SMILES string of the molecule is CCOC(=O)OC/C(I)=C(/Br)I. The average molecular weight is 461 g/mol. The van der Waals surface area contributed by atoms with E-state index in [-0.39, 0.29) is 6.61 Å². The summed E-state index contributed by atoms with van der Waals surface area (Å²) in [5, 5.41) is 0. The predicted molar refractivity (Wildman–Crippen MR) is 67.0 cm³/mol. The second-order valence-electron chi connectivity index (χ2n) is 1.64. The van der Waals surface area contributed by atoms with E-state index >= 15 is 0 Å². The Bertz CT molecular complexity index is 189. The summed E-state index contributed by atoms with van der Waals surface area (Å²) >= 11 is 7.43. The zero-order valence-corrected chi connectivity index (χ0v) is 12.2. The number of rotatable bonds is 3. The van der Waals surface area contributed by atoms with Crippen LogP contribution in [-0.2, 0) is 9.47 Å². The minimum Gasteiger partial charge on any atom is -0.435 e. The number of hydrogen-bond donors (Lipinski definition) is 0. The van der Waals surface area contributed by atoms with Crippen molar-refractivity contribution in [3.63, 3.8) is 0 Å². The largest absolute Gasteiger partial charge is 0.508 e. The lowest BCUT2D eigenvalue weighted by atomic mass is 10.7. The summed E-state index contributed by atoms with van der Waals surface area (Å²) in [6.07, 6.45) is -0.628. The van der Waals surface area contributed by atoms with Gasteiger partial charge < -0.3 is 9.47 Å². The van der Waals surface area contributed by atoms with Crippen molar-refractivity contribution in [2.24, 2.45) is 0 Å². The molecule has 12 heavy (non-hydrogen) atoms. The van der Waals surface area contributed by atoms with Gasteiger partial charge in [-0.15, -0.1) is 0 Å². The van der Waals surface area contributed by atoms with Gasteiger partial charge in [-0.2, -0.15) is 0 Å². The number of carbonyl (C=O) groups excluding carboxylic acids is 1. The number of ether oxygens (including phenoxy) is 2. The molecule has 0 saturated carbocycles. The molecule has 0 N–H and O–H groups in total. The van der Waals surface area contributed by atoms with E-state index in [1.807, 2.05) is 0 Å². The molecular weight excluding hydrogens is 454 g/mol. The highest BCUT2D eigenvalue weighted by Gasteiger charge is 2.04. The van der Waals surface area contributed by atoms with E-state index in [1.54, 1.807) is 6.92 Å². The molecule has 0 bridgehead atoms. The van der Waals surface area contributed by atoms with Crippen LogP contribution in [-0.4, -0.2) is 19.4 Å². The van der Waals surface area contributed by atoms with Crippen LogP contribution in [0, 0.1) is 0 Å². The van der Waals surface area contributed by atoms with Gasteiger partial charge in [0.2, 0.25) is 0 Å². The Morgan fingerprint density at radius 2 is 2.00 bits per heavy atom. The highest BCUT2D eigenvalue weighted by Crippen LogP contribution is 2.24. The van der Waals surface area contributed by atoms with E-state index in [4.69, 9.17) is 4.74 Å². The van der Waals surface area contributed by atoms with Crippen molar-refractivity contribution >= 4 is 67.3 Å². The van der Waals surface area contributed by atoms with Crippen molar-refractivity contribution in [1.82, 2.24) is 0 Å². The molecule has 0 aliphatic carbocycles. The van der Waals surface area contributed by atoms with E-state index in [0.717, 1.165) is 6.07 Å². The molecule has 0 aliphatic rings. The highest BCUT2D eigenvalue weighted by atomic mass is 127. The second-order valence-corrected chi connectivity index (χ2v) is 6.29. The monoisotopic (exact) mass is 460 g/mol. The molecule has 0 atom stereocenters. The summed E-state index contributed by atoms with van der Waals surface area (Å²) in [5.41, 5.74) is 0. The van der Waals surface area contributed by atoms with E-state index < -0.39 is 6.16 Å². The summed E-state index contributed by atoms with van der Waals surface area (Å²) in [6.45, 7) is 2.32. The Labute approximate surface area is 107 Å². The minimum atomic E-state index is -0.628. The summed E-state index contributed by atoms with van der Waals surface area (Å²) < 4.78 is 11.2. The lowest BCUT2D eigenvalue weighted by molar-refractivity contribution is 0.0671. The minimum absolute atomic E-state index is 0.253. The summed E-state index contributed by atoms with van der Waals surface area (Å²) in [5.74, 6) is 0. The van der Waals surface area contributed by atoms with Gasteiger partial charge in [0.15, 0.2) is 0 Å². The molecule has 6 heteroatoms. The van der Waals surface area contributed by atoms with Gasteiger partial charge in [0.25, 0.3) is 0 Å². The van der Waals surface area contributed by atoms with E-state index in [2.05, 4.69) is 65.8 Å². The number of carbonyl (C=O) groups is 1. The average Bonchev–Trinajstić information content (AvgIpc) is 2.00. The highest BCUT2D eigenvalue weighted by molar-refractivity contribution is 14.1. The molecule has 0 heterocycles. The molecule has 0 amide bonds. The standard InChI is InChI=1S/C6H7BrI2O3/c1-2-11-6(10)12-3-4(8)5(7)9/h2-3H2,1H3/b5-4+. The molecule has 0 aromatic heterocycles. The zero-order chi connectivity index (χ0) is 9.56. The van der Waals surface area contributed by atoms with Crippen LogP contribution < -0.4 is 0 Å². The van der Waals surface area contributed by atoms with E-state index in [0.29, 0.717) is 6.61 Å². The van der Waals surface area contributed by atoms with Crippen LogP contribution in [0.3, 0.4) is 0 Å². The molecule has 0 aromatic rings. The van der Waals surface area contributed by atoms with Crippen LogP contribution in [0.2, 0.25) is 0 Å². The van der Waals surface area contributed by atoms with Gasteiger partial charge in [0.05, 0.1) is 9.10 Å². The van der Waals surface area contributed by atoms with Gasteiger partial charge in [-0.25, -0.2) is 4.79 Å². The van der Waals surface area contributed by atoms with Crippen LogP contribution in [0.4, 0.5) is 4.79 Å². The van der Waals surface area contributed by atoms with Crippen molar-refractivity contribution in [1.29, 1.82) is 0 Å². The van der Waals surface area contributed by atoms with Crippen LogP contribution in [0.15, 0.2) is 6.07 Å². The molecule has 0 radical (unpaired) electrons. The molecule has 0 spiro atoms. The maximum atomic E-state index is 10.7. The summed E-state index contributed by atoms with van der Waals surface area (Å²) in [4.78, 5) is 10.7. The lowest BCUT2D eigenvalue weighted by Gasteiger charge is -2.03. The molecule has 0 fully saturated rings. The third-order valence-electron chi connectivity index (χ3n) is 0.784. The second kappa shape index (κ2) is 7.36. The molecule has 0 rings (SSSR count). The van der Waals surface area contributed by atoms with Crippen molar-refractivity contribution in [2.75, 3.05) is 13.2 Å². The maximum Gasteiger partial charge on any atom is 0.508 e. The van der Waals surface area contributed by atoms with Crippen molar-refractivity contribution in [2.45, 2.75) is 6.92 Å². The van der Waals surface area contributed by atoms with Gasteiger partial charge in [-0.3, -0.25) is 0 Å². The molecule has 0 aromatic carbocycles. The Balaban J connectivity index is 3.69. The fourth-order valence-electron chi connectivity index (χ4n) is 0.336. The summed E-state index contributed by atoms with van der Waals surface area (Å²) in [6, 6.07) is 0. The molecular formula is C6H7BrI2O3. The van der Waals surface area contributed by atoms with Gasteiger partial charge in [-0.05, 0) is 68.0 Å².